The molecule has 3 aromatic carbocycles. The molecule has 0 spiro atoms. The van der Waals surface area contributed by atoms with Crippen molar-refractivity contribution in [3.8, 4) is 0 Å². The number of halogens is 1. The summed E-state index contributed by atoms with van der Waals surface area (Å²) >= 11 is 5.20. The van der Waals surface area contributed by atoms with Crippen molar-refractivity contribution in [1.29, 1.82) is 0 Å². The van der Waals surface area contributed by atoms with Gasteiger partial charge < -0.3 is 0 Å². The van der Waals surface area contributed by atoms with Crippen LogP contribution in [0.4, 0.5) is 5.69 Å². The molecule has 138 valence electrons. The first-order chi connectivity index (χ1) is 13.0. The molecule has 0 saturated heterocycles. The molecule has 0 N–H and O–H groups in total. The minimum atomic E-state index is -3.70. The summed E-state index contributed by atoms with van der Waals surface area (Å²) in [6, 6.07) is 22.4. The second-order valence-corrected chi connectivity index (χ2v) is 10.3. The van der Waals surface area contributed by atoms with Gasteiger partial charge in [-0.2, -0.15) is 0 Å². The van der Waals surface area contributed by atoms with Crippen LogP contribution in [0.15, 0.2) is 87.1 Å². The molecule has 1 unspecified atom stereocenters. The van der Waals surface area contributed by atoms with Crippen molar-refractivity contribution in [3.05, 3.63) is 88.4 Å². The number of hydrogen-bond acceptors (Lipinski definition) is 3. The number of hydrogen-bond donors (Lipinski definition) is 0. The minimum Gasteiger partial charge on any atom is -0.257 e. The number of rotatable bonds is 3. The number of aryl methyl sites for hydroxylation is 1. The van der Waals surface area contributed by atoms with Crippen molar-refractivity contribution in [2.45, 2.75) is 22.8 Å². The van der Waals surface area contributed by atoms with Crippen molar-refractivity contribution >= 4 is 43.4 Å². The molecule has 1 atom stereocenters. The summed E-state index contributed by atoms with van der Waals surface area (Å²) < 4.78 is 29.8. The fourth-order valence-corrected chi connectivity index (χ4v) is 6.63. The molecule has 3 nitrogen and oxygen atoms in total. The fraction of sp³-hybridized carbons (Fsp3) is 0.143. The molecule has 3 aromatic rings. The van der Waals surface area contributed by atoms with E-state index in [9.17, 15) is 8.42 Å². The van der Waals surface area contributed by atoms with Gasteiger partial charge in [-0.15, -0.1) is 11.8 Å². The van der Waals surface area contributed by atoms with Gasteiger partial charge >= 0.3 is 0 Å². The third kappa shape index (κ3) is 3.53. The average Bonchev–Trinajstić information content (AvgIpc) is 2.67. The summed E-state index contributed by atoms with van der Waals surface area (Å²) in [4.78, 5) is 1.30. The molecule has 0 aliphatic carbocycles. The predicted octanol–water partition coefficient (Wildman–Crippen LogP) is 5.80. The third-order valence-corrected chi connectivity index (χ3v) is 8.06. The Labute approximate surface area is 172 Å². The number of benzene rings is 3. The molecule has 1 aliphatic heterocycles. The van der Waals surface area contributed by atoms with E-state index in [1.165, 1.54) is 0 Å². The van der Waals surface area contributed by atoms with Gasteiger partial charge in [0.25, 0.3) is 10.0 Å². The first-order valence-electron chi connectivity index (χ1n) is 8.55. The highest BCUT2D eigenvalue weighted by Crippen LogP contribution is 2.46. The summed E-state index contributed by atoms with van der Waals surface area (Å²) in [5.74, 6) is 0.665. The van der Waals surface area contributed by atoms with Crippen molar-refractivity contribution in [2.24, 2.45) is 0 Å². The van der Waals surface area contributed by atoms with Crippen LogP contribution in [0, 0.1) is 6.92 Å². The van der Waals surface area contributed by atoms with Crippen molar-refractivity contribution in [1.82, 2.24) is 0 Å². The van der Waals surface area contributed by atoms with E-state index in [1.54, 1.807) is 28.2 Å². The van der Waals surface area contributed by atoms with Crippen LogP contribution in [0.1, 0.15) is 17.2 Å². The van der Waals surface area contributed by atoms with Crippen molar-refractivity contribution < 1.29 is 8.42 Å². The molecule has 0 radical (unpaired) electrons. The van der Waals surface area contributed by atoms with E-state index in [1.807, 2.05) is 67.6 Å². The maximum atomic E-state index is 13.6. The van der Waals surface area contributed by atoms with Crippen LogP contribution in [0.3, 0.4) is 0 Å². The predicted molar refractivity (Wildman–Crippen MR) is 115 cm³/mol. The smallest absolute Gasteiger partial charge is 0.257 e. The Bertz CT molecular complexity index is 1080. The molecule has 1 aliphatic rings. The second-order valence-electron chi connectivity index (χ2n) is 6.46. The van der Waals surface area contributed by atoms with Gasteiger partial charge in [-0.05, 0) is 48.9 Å². The largest absolute Gasteiger partial charge is 0.264 e. The first-order valence-corrected chi connectivity index (χ1v) is 11.8. The molecule has 0 saturated carbocycles. The maximum Gasteiger partial charge on any atom is 0.264 e. The lowest BCUT2D eigenvalue weighted by atomic mass is 10.1. The summed E-state index contributed by atoms with van der Waals surface area (Å²) in [7, 11) is -3.70. The lowest BCUT2D eigenvalue weighted by Crippen LogP contribution is -2.38. The third-order valence-electron chi connectivity index (χ3n) is 4.59. The molecule has 0 aromatic heterocycles. The van der Waals surface area contributed by atoms with Gasteiger partial charge in [0.15, 0.2) is 0 Å². The number of para-hydroxylation sites is 1. The molecule has 6 heteroatoms. The lowest BCUT2D eigenvalue weighted by molar-refractivity contribution is 0.582. The lowest BCUT2D eigenvalue weighted by Gasteiger charge is -2.37. The Kier molecular flexibility index (Phi) is 5.05. The van der Waals surface area contributed by atoms with E-state index >= 15 is 0 Å². The van der Waals surface area contributed by atoms with E-state index < -0.39 is 10.0 Å². The van der Waals surface area contributed by atoms with Crippen molar-refractivity contribution in [2.75, 3.05) is 10.1 Å². The zero-order valence-electron chi connectivity index (χ0n) is 14.7. The minimum absolute atomic E-state index is 0.270. The standard InChI is InChI=1S/C21H18BrNO2S2/c1-15-9-11-18(12-10-15)27(24,25)23-19-7-2-3-8-21(19)26-14-20(23)16-5-4-6-17(22)13-16/h2-13,20H,14H2,1H3. The van der Waals surface area contributed by atoms with E-state index in [-0.39, 0.29) is 6.04 Å². The molecule has 1 heterocycles. The molecule has 0 amide bonds. The SMILES string of the molecule is Cc1ccc(S(=O)(=O)N2c3ccccc3SCC2c2cccc(Br)c2)cc1. The van der Waals surface area contributed by atoms with Gasteiger partial charge in [0.2, 0.25) is 0 Å². The van der Waals surface area contributed by atoms with Crippen LogP contribution in [0.25, 0.3) is 0 Å². The summed E-state index contributed by atoms with van der Waals surface area (Å²) in [6.45, 7) is 1.95. The highest BCUT2D eigenvalue weighted by Gasteiger charge is 2.37. The Morgan fingerprint density at radius 1 is 1.00 bits per heavy atom. The van der Waals surface area contributed by atoms with Crippen LogP contribution in [0.5, 0.6) is 0 Å². The monoisotopic (exact) mass is 459 g/mol. The van der Waals surface area contributed by atoms with Crippen LogP contribution < -0.4 is 4.31 Å². The number of sulfonamides is 1. The van der Waals surface area contributed by atoms with E-state index in [2.05, 4.69) is 15.9 Å². The molecule has 4 rings (SSSR count). The maximum absolute atomic E-state index is 13.6. The zero-order valence-corrected chi connectivity index (χ0v) is 17.9. The molecule has 0 fully saturated rings. The van der Waals surface area contributed by atoms with Gasteiger partial charge in [-0.3, -0.25) is 4.31 Å². The molecular formula is C21H18BrNO2S2. The van der Waals surface area contributed by atoms with Gasteiger partial charge in [0.1, 0.15) is 0 Å². The zero-order chi connectivity index (χ0) is 19.0. The van der Waals surface area contributed by atoms with Crippen LogP contribution in [0.2, 0.25) is 0 Å². The topological polar surface area (TPSA) is 37.4 Å². The number of fused-ring (bicyclic) bond motifs is 1. The Balaban J connectivity index is 1.89. The Morgan fingerprint density at radius 2 is 1.74 bits per heavy atom. The highest BCUT2D eigenvalue weighted by atomic mass is 79.9. The quantitative estimate of drug-likeness (QED) is 0.496. The molecule has 0 bridgehead atoms. The second kappa shape index (κ2) is 7.34. The average molecular weight is 460 g/mol. The summed E-state index contributed by atoms with van der Waals surface area (Å²) in [6.07, 6.45) is 0. The van der Waals surface area contributed by atoms with E-state index in [0.717, 1.165) is 26.2 Å². The van der Waals surface area contributed by atoms with Gasteiger partial charge in [-0.1, -0.05) is 57.9 Å². The van der Waals surface area contributed by atoms with Gasteiger partial charge in [-0.25, -0.2) is 8.42 Å². The van der Waals surface area contributed by atoms with E-state index in [0.29, 0.717) is 10.6 Å². The van der Waals surface area contributed by atoms with Gasteiger partial charge in [0, 0.05) is 15.1 Å². The Hall–Kier alpha value is -1.76. The van der Waals surface area contributed by atoms with Crippen molar-refractivity contribution in [3.63, 3.8) is 0 Å². The summed E-state index contributed by atoms with van der Waals surface area (Å²) in [5, 5.41) is 0. The van der Waals surface area contributed by atoms with Gasteiger partial charge in [0.05, 0.1) is 16.6 Å². The normalized spacial score (nSPS) is 16.8. The van der Waals surface area contributed by atoms with Crippen LogP contribution >= 0.6 is 27.7 Å². The fourth-order valence-electron chi connectivity index (χ4n) is 3.23. The number of anilines is 1. The summed E-state index contributed by atoms with van der Waals surface area (Å²) in [5.41, 5.74) is 2.74. The first kappa shape index (κ1) is 18.6. The molecular weight excluding hydrogens is 442 g/mol. The van der Waals surface area contributed by atoms with E-state index in [4.69, 9.17) is 0 Å². The Morgan fingerprint density at radius 3 is 2.48 bits per heavy atom. The number of nitrogens with zero attached hydrogens (tertiary/aromatic N) is 1. The van der Waals surface area contributed by atoms with Crippen LogP contribution in [-0.4, -0.2) is 14.2 Å². The molecule has 27 heavy (non-hydrogen) atoms. The highest BCUT2D eigenvalue weighted by molar-refractivity contribution is 9.10. The van der Waals surface area contributed by atoms with Crippen LogP contribution in [-0.2, 0) is 10.0 Å². The number of thioether (sulfide) groups is 1.